The van der Waals surface area contributed by atoms with Crippen molar-refractivity contribution in [2.45, 2.75) is 65.1 Å². The Morgan fingerprint density at radius 1 is 1.26 bits per heavy atom. The molecule has 0 spiro atoms. The van der Waals surface area contributed by atoms with Crippen molar-refractivity contribution < 1.29 is 4.74 Å². The molecule has 1 fully saturated rings. The van der Waals surface area contributed by atoms with Crippen LogP contribution in [0.1, 0.15) is 52.0 Å². The molecule has 19 heavy (non-hydrogen) atoms. The van der Waals surface area contributed by atoms with Gasteiger partial charge < -0.3 is 10.1 Å². The first kappa shape index (κ1) is 14.3. The first-order valence-electron chi connectivity index (χ1n) is 7.48. The van der Waals surface area contributed by atoms with Crippen LogP contribution in [0.2, 0.25) is 0 Å². The van der Waals surface area contributed by atoms with Gasteiger partial charge in [0.05, 0.1) is 0 Å². The number of nitrogens with zero attached hydrogens (tertiary/aromatic N) is 1. The normalized spacial score (nSPS) is 23.6. The summed E-state index contributed by atoms with van der Waals surface area (Å²) in [6.07, 6.45) is 7.17. The van der Waals surface area contributed by atoms with Gasteiger partial charge in [-0.2, -0.15) is 0 Å². The van der Waals surface area contributed by atoms with E-state index in [-0.39, 0.29) is 0 Å². The molecule has 1 aromatic rings. The fourth-order valence-corrected chi connectivity index (χ4v) is 2.43. The average molecular weight is 262 g/mol. The van der Waals surface area contributed by atoms with Gasteiger partial charge in [0.25, 0.3) is 0 Å². The van der Waals surface area contributed by atoms with E-state index in [1.807, 2.05) is 12.3 Å². The molecule has 3 nitrogen and oxygen atoms in total. The molecule has 1 aliphatic carbocycles. The lowest BCUT2D eigenvalue weighted by Gasteiger charge is -2.26. The molecule has 1 heterocycles. The number of nitrogens with one attached hydrogen (secondary N) is 1. The fourth-order valence-electron chi connectivity index (χ4n) is 2.43. The van der Waals surface area contributed by atoms with Crippen molar-refractivity contribution >= 4 is 0 Å². The van der Waals surface area contributed by atoms with Gasteiger partial charge in [-0.1, -0.05) is 26.8 Å². The average Bonchev–Trinajstić information content (AvgIpc) is 2.40. The van der Waals surface area contributed by atoms with Crippen LogP contribution < -0.4 is 10.1 Å². The number of hydrogen-bond acceptors (Lipinski definition) is 3. The molecular weight excluding hydrogens is 236 g/mol. The lowest BCUT2D eigenvalue weighted by molar-refractivity contribution is 0.130. The maximum atomic E-state index is 5.95. The Balaban J connectivity index is 1.81. The second-order valence-electron chi connectivity index (χ2n) is 6.04. The molecule has 3 heteroatoms. The Bertz CT molecular complexity index is 367. The quantitative estimate of drug-likeness (QED) is 0.881. The van der Waals surface area contributed by atoms with E-state index in [0.29, 0.717) is 12.1 Å². The van der Waals surface area contributed by atoms with Crippen LogP contribution in [0.4, 0.5) is 0 Å². The van der Waals surface area contributed by atoms with Gasteiger partial charge in [-0.05, 0) is 37.2 Å². The smallest absolute Gasteiger partial charge is 0.213 e. The van der Waals surface area contributed by atoms with E-state index in [1.165, 1.54) is 31.2 Å². The van der Waals surface area contributed by atoms with Crippen LogP contribution in [0.5, 0.6) is 5.88 Å². The Morgan fingerprint density at radius 3 is 2.58 bits per heavy atom. The van der Waals surface area contributed by atoms with Crippen molar-refractivity contribution in [1.29, 1.82) is 0 Å². The minimum absolute atomic E-state index is 0.364. The lowest BCUT2D eigenvalue weighted by Crippen LogP contribution is -2.23. The first-order chi connectivity index (χ1) is 9.13. The molecule has 1 aromatic heterocycles. The number of rotatable bonds is 5. The predicted octanol–water partition coefficient (Wildman–Crippen LogP) is 3.54. The molecule has 2 rings (SSSR count). The van der Waals surface area contributed by atoms with E-state index in [2.05, 4.69) is 37.1 Å². The number of aromatic nitrogens is 1. The molecule has 1 N–H and O–H groups in total. The van der Waals surface area contributed by atoms with Crippen molar-refractivity contribution in [3.05, 3.63) is 23.9 Å². The van der Waals surface area contributed by atoms with E-state index < -0.39 is 0 Å². The highest BCUT2D eigenvalue weighted by atomic mass is 16.5. The zero-order valence-corrected chi connectivity index (χ0v) is 12.4. The SMILES string of the molecule is CC1CCC(Oc2ccc(CNC(C)C)cn2)CC1. The molecule has 0 atom stereocenters. The molecule has 1 saturated carbocycles. The van der Waals surface area contributed by atoms with E-state index >= 15 is 0 Å². The summed E-state index contributed by atoms with van der Waals surface area (Å²) < 4.78 is 5.95. The van der Waals surface area contributed by atoms with Crippen molar-refractivity contribution in [1.82, 2.24) is 10.3 Å². The first-order valence-corrected chi connectivity index (χ1v) is 7.48. The van der Waals surface area contributed by atoms with E-state index in [1.54, 1.807) is 0 Å². The fraction of sp³-hybridized carbons (Fsp3) is 0.688. The molecule has 106 valence electrons. The van der Waals surface area contributed by atoms with Crippen LogP contribution in [-0.2, 0) is 6.54 Å². The monoisotopic (exact) mass is 262 g/mol. The summed E-state index contributed by atoms with van der Waals surface area (Å²) >= 11 is 0. The Labute approximate surface area is 116 Å². The largest absolute Gasteiger partial charge is 0.474 e. The second kappa shape index (κ2) is 6.90. The number of hydrogen-bond donors (Lipinski definition) is 1. The van der Waals surface area contributed by atoms with Gasteiger partial charge >= 0.3 is 0 Å². The Kier molecular flexibility index (Phi) is 5.20. The summed E-state index contributed by atoms with van der Waals surface area (Å²) in [7, 11) is 0. The minimum atomic E-state index is 0.364. The molecule has 0 aliphatic heterocycles. The minimum Gasteiger partial charge on any atom is -0.474 e. The zero-order chi connectivity index (χ0) is 13.7. The summed E-state index contributed by atoms with van der Waals surface area (Å²) in [5, 5.41) is 3.39. The molecule has 0 saturated heterocycles. The van der Waals surface area contributed by atoms with Gasteiger partial charge in [0.1, 0.15) is 6.10 Å². The second-order valence-corrected chi connectivity index (χ2v) is 6.04. The van der Waals surface area contributed by atoms with Gasteiger partial charge in [-0.15, -0.1) is 0 Å². The van der Waals surface area contributed by atoms with E-state index in [9.17, 15) is 0 Å². The number of pyridine rings is 1. The third kappa shape index (κ3) is 4.83. The Hall–Kier alpha value is -1.09. The molecule has 0 unspecified atom stereocenters. The van der Waals surface area contributed by atoms with Crippen molar-refractivity contribution in [2.24, 2.45) is 5.92 Å². The van der Waals surface area contributed by atoms with Crippen molar-refractivity contribution in [3.8, 4) is 5.88 Å². The summed E-state index contributed by atoms with van der Waals surface area (Å²) in [4.78, 5) is 4.41. The molecular formula is C16H26N2O. The van der Waals surface area contributed by atoms with Gasteiger partial charge in [-0.25, -0.2) is 4.98 Å². The van der Waals surface area contributed by atoms with Crippen LogP contribution in [0.3, 0.4) is 0 Å². The lowest BCUT2D eigenvalue weighted by atomic mass is 9.89. The van der Waals surface area contributed by atoms with Crippen LogP contribution in [0.15, 0.2) is 18.3 Å². The van der Waals surface area contributed by atoms with Crippen LogP contribution in [0.25, 0.3) is 0 Å². The maximum Gasteiger partial charge on any atom is 0.213 e. The summed E-state index contributed by atoms with van der Waals surface area (Å²) in [6, 6.07) is 4.60. The predicted molar refractivity (Wildman–Crippen MR) is 78.3 cm³/mol. The standard InChI is InChI=1S/C16H26N2O/c1-12(2)17-10-14-6-9-16(18-11-14)19-15-7-4-13(3)5-8-15/h6,9,11-13,15,17H,4-5,7-8,10H2,1-3H3. The molecule has 0 aromatic carbocycles. The third-order valence-electron chi connectivity index (χ3n) is 3.76. The van der Waals surface area contributed by atoms with Gasteiger partial charge in [0, 0.05) is 24.8 Å². The van der Waals surface area contributed by atoms with Gasteiger partial charge in [-0.3, -0.25) is 0 Å². The summed E-state index contributed by atoms with van der Waals surface area (Å²) in [5.41, 5.74) is 1.21. The van der Waals surface area contributed by atoms with Crippen molar-refractivity contribution in [3.63, 3.8) is 0 Å². The summed E-state index contributed by atoms with van der Waals surface area (Å²) in [5.74, 6) is 1.63. The highest BCUT2D eigenvalue weighted by Crippen LogP contribution is 2.26. The topological polar surface area (TPSA) is 34.1 Å². The Morgan fingerprint density at radius 2 is 2.00 bits per heavy atom. The van der Waals surface area contributed by atoms with E-state index in [4.69, 9.17) is 4.74 Å². The number of ether oxygens (including phenoxy) is 1. The van der Waals surface area contributed by atoms with Gasteiger partial charge in [0.2, 0.25) is 5.88 Å². The molecule has 0 bridgehead atoms. The third-order valence-corrected chi connectivity index (χ3v) is 3.76. The van der Waals surface area contributed by atoms with Crippen LogP contribution >= 0.6 is 0 Å². The zero-order valence-electron chi connectivity index (χ0n) is 12.4. The van der Waals surface area contributed by atoms with Crippen molar-refractivity contribution in [2.75, 3.05) is 0 Å². The van der Waals surface area contributed by atoms with Crippen LogP contribution in [-0.4, -0.2) is 17.1 Å². The van der Waals surface area contributed by atoms with Gasteiger partial charge in [0.15, 0.2) is 0 Å². The molecule has 1 aliphatic rings. The molecule has 0 radical (unpaired) electrons. The van der Waals surface area contributed by atoms with Crippen LogP contribution in [0, 0.1) is 5.92 Å². The highest BCUT2D eigenvalue weighted by molar-refractivity contribution is 5.18. The summed E-state index contributed by atoms with van der Waals surface area (Å²) in [6.45, 7) is 7.49. The van der Waals surface area contributed by atoms with E-state index in [0.717, 1.165) is 18.3 Å². The maximum absolute atomic E-state index is 5.95. The highest BCUT2D eigenvalue weighted by Gasteiger charge is 2.19. The molecule has 0 amide bonds.